The number of rotatable bonds is 7. The monoisotopic (exact) mass is 400 g/mol. The molecule has 0 aromatic heterocycles. The van der Waals surface area contributed by atoms with E-state index >= 15 is 0 Å². The van der Waals surface area contributed by atoms with E-state index in [0.717, 1.165) is 30.9 Å². The zero-order valence-corrected chi connectivity index (χ0v) is 17.2. The first-order chi connectivity index (χ1) is 14.8. The van der Waals surface area contributed by atoms with Crippen molar-refractivity contribution < 1.29 is 9.53 Å². The van der Waals surface area contributed by atoms with Crippen LogP contribution in [-0.4, -0.2) is 36.6 Å². The van der Waals surface area contributed by atoms with Crippen LogP contribution in [0.2, 0.25) is 0 Å². The van der Waals surface area contributed by atoms with Crippen LogP contribution in [0, 0.1) is 0 Å². The number of morpholine rings is 1. The van der Waals surface area contributed by atoms with Gasteiger partial charge < -0.3 is 9.64 Å². The van der Waals surface area contributed by atoms with Gasteiger partial charge in [0.25, 0.3) is 0 Å². The SMILES string of the molecule is O=C(CC1CN(Cc2ccccc2)CCO1)N(Cc1ccccc1)c1ccccc1. The van der Waals surface area contributed by atoms with Crippen LogP contribution in [-0.2, 0) is 22.6 Å². The fourth-order valence-electron chi connectivity index (χ4n) is 3.89. The first kappa shape index (κ1) is 20.3. The number of hydrogen-bond donors (Lipinski definition) is 0. The summed E-state index contributed by atoms with van der Waals surface area (Å²) in [6.45, 7) is 3.78. The molecule has 0 bridgehead atoms. The molecule has 1 amide bonds. The highest BCUT2D eigenvalue weighted by Crippen LogP contribution is 2.20. The molecule has 4 heteroatoms. The van der Waals surface area contributed by atoms with Crippen LogP contribution >= 0.6 is 0 Å². The highest BCUT2D eigenvalue weighted by atomic mass is 16.5. The van der Waals surface area contributed by atoms with Gasteiger partial charge in [-0.25, -0.2) is 0 Å². The van der Waals surface area contributed by atoms with E-state index < -0.39 is 0 Å². The zero-order chi connectivity index (χ0) is 20.6. The van der Waals surface area contributed by atoms with E-state index in [9.17, 15) is 4.79 Å². The molecule has 1 saturated heterocycles. The van der Waals surface area contributed by atoms with Gasteiger partial charge in [-0.3, -0.25) is 9.69 Å². The maximum atomic E-state index is 13.3. The molecule has 30 heavy (non-hydrogen) atoms. The standard InChI is InChI=1S/C26H28N2O2/c29-26(18-25-21-27(16-17-30-25)19-22-10-4-1-5-11-22)28(24-14-8-3-9-15-24)20-23-12-6-2-7-13-23/h1-15,25H,16-21H2. The average Bonchev–Trinajstić information content (AvgIpc) is 2.80. The van der Waals surface area contributed by atoms with Gasteiger partial charge in [0.2, 0.25) is 5.91 Å². The number of hydrogen-bond acceptors (Lipinski definition) is 3. The number of carbonyl (C=O) groups excluding carboxylic acids is 1. The highest BCUT2D eigenvalue weighted by Gasteiger charge is 2.26. The maximum absolute atomic E-state index is 13.3. The Kier molecular flexibility index (Phi) is 6.91. The molecule has 1 aliphatic rings. The summed E-state index contributed by atoms with van der Waals surface area (Å²) in [6.07, 6.45) is 0.296. The fraction of sp³-hybridized carbons (Fsp3) is 0.269. The van der Waals surface area contributed by atoms with Crippen molar-refractivity contribution in [2.45, 2.75) is 25.6 Å². The molecule has 1 aliphatic heterocycles. The van der Waals surface area contributed by atoms with Gasteiger partial charge in [0.05, 0.1) is 25.7 Å². The van der Waals surface area contributed by atoms with Crippen molar-refractivity contribution in [2.24, 2.45) is 0 Å². The van der Waals surface area contributed by atoms with E-state index in [1.165, 1.54) is 5.56 Å². The molecule has 3 aromatic carbocycles. The Labute approximate surface area is 178 Å². The molecule has 1 unspecified atom stereocenters. The van der Waals surface area contributed by atoms with Crippen LogP contribution in [0.1, 0.15) is 17.5 Å². The minimum atomic E-state index is -0.0862. The largest absolute Gasteiger partial charge is 0.375 e. The van der Waals surface area contributed by atoms with Gasteiger partial charge in [-0.15, -0.1) is 0 Å². The number of amides is 1. The lowest BCUT2D eigenvalue weighted by Crippen LogP contribution is -2.44. The van der Waals surface area contributed by atoms with Gasteiger partial charge in [0, 0.05) is 25.3 Å². The first-order valence-corrected chi connectivity index (χ1v) is 10.5. The predicted octanol–water partition coefficient (Wildman–Crippen LogP) is 4.51. The quantitative estimate of drug-likeness (QED) is 0.585. The molecule has 4 rings (SSSR count). The normalized spacial score (nSPS) is 16.9. The number of carbonyl (C=O) groups is 1. The van der Waals surface area contributed by atoms with Gasteiger partial charge in [0.15, 0.2) is 0 Å². The molecule has 1 heterocycles. The van der Waals surface area contributed by atoms with Gasteiger partial charge >= 0.3 is 0 Å². The highest BCUT2D eigenvalue weighted by molar-refractivity contribution is 5.93. The van der Waals surface area contributed by atoms with Crippen molar-refractivity contribution in [1.82, 2.24) is 4.90 Å². The van der Waals surface area contributed by atoms with Crippen LogP contribution in [0.15, 0.2) is 91.0 Å². The Balaban J connectivity index is 1.42. The van der Waals surface area contributed by atoms with Crippen LogP contribution in [0.3, 0.4) is 0 Å². The number of nitrogens with zero attached hydrogens (tertiary/aromatic N) is 2. The number of anilines is 1. The van der Waals surface area contributed by atoms with Crippen molar-refractivity contribution in [3.8, 4) is 0 Å². The van der Waals surface area contributed by atoms with Crippen LogP contribution in [0.5, 0.6) is 0 Å². The minimum absolute atomic E-state index is 0.0862. The van der Waals surface area contributed by atoms with Gasteiger partial charge in [-0.2, -0.15) is 0 Å². The summed E-state index contributed by atoms with van der Waals surface area (Å²) in [6, 6.07) is 30.5. The molecular formula is C26H28N2O2. The summed E-state index contributed by atoms with van der Waals surface area (Å²) in [5.74, 6) is 0.0941. The Morgan fingerprint density at radius 1 is 0.867 bits per heavy atom. The van der Waals surface area contributed by atoms with Gasteiger partial charge in [-0.1, -0.05) is 78.9 Å². The topological polar surface area (TPSA) is 32.8 Å². The Morgan fingerprint density at radius 2 is 1.47 bits per heavy atom. The first-order valence-electron chi connectivity index (χ1n) is 10.5. The second kappa shape index (κ2) is 10.2. The minimum Gasteiger partial charge on any atom is -0.375 e. The second-order valence-corrected chi connectivity index (χ2v) is 7.72. The molecule has 4 nitrogen and oxygen atoms in total. The summed E-state index contributed by atoms with van der Waals surface area (Å²) < 4.78 is 5.96. The fourth-order valence-corrected chi connectivity index (χ4v) is 3.89. The molecule has 0 N–H and O–H groups in total. The summed E-state index contributed by atoms with van der Waals surface area (Å²) in [5, 5.41) is 0. The van der Waals surface area contributed by atoms with Gasteiger partial charge in [0.1, 0.15) is 0 Å². The van der Waals surface area contributed by atoms with E-state index in [4.69, 9.17) is 4.74 Å². The average molecular weight is 401 g/mol. The molecule has 154 valence electrons. The van der Waals surface area contributed by atoms with E-state index in [1.54, 1.807) is 0 Å². The maximum Gasteiger partial charge on any atom is 0.229 e. The predicted molar refractivity (Wildman–Crippen MR) is 120 cm³/mol. The lowest BCUT2D eigenvalue weighted by atomic mass is 10.1. The molecule has 0 saturated carbocycles. The summed E-state index contributed by atoms with van der Waals surface area (Å²) in [4.78, 5) is 17.6. The van der Waals surface area contributed by atoms with Crippen molar-refractivity contribution in [3.05, 3.63) is 102 Å². The van der Waals surface area contributed by atoms with Crippen molar-refractivity contribution in [1.29, 1.82) is 0 Å². The van der Waals surface area contributed by atoms with Gasteiger partial charge in [-0.05, 0) is 23.3 Å². The number of benzene rings is 3. The van der Waals surface area contributed by atoms with E-state index in [2.05, 4.69) is 41.3 Å². The van der Waals surface area contributed by atoms with E-state index in [0.29, 0.717) is 19.6 Å². The summed E-state index contributed by atoms with van der Waals surface area (Å²) in [7, 11) is 0. The van der Waals surface area contributed by atoms with Crippen molar-refractivity contribution in [2.75, 3.05) is 24.6 Å². The third-order valence-corrected chi connectivity index (χ3v) is 5.43. The third kappa shape index (κ3) is 5.56. The van der Waals surface area contributed by atoms with Crippen molar-refractivity contribution in [3.63, 3.8) is 0 Å². The van der Waals surface area contributed by atoms with E-state index in [1.807, 2.05) is 59.5 Å². The Bertz CT molecular complexity index is 916. The molecule has 1 atom stereocenters. The molecule has 3 aromatic rings. The number of para-hydroxylation sites is 1. The molecule has 0 aliphatic carbocycles. The van der Waals surface area contributed by atoms with Crippen LogP contribution in [0.4, 0.5) is 5.69 Å². The Hall–Kier alpha value is -2.95. The molecule has 1 fully saturated rings. The molecular weight excluding hydrogens is 372 g/mol. The number of ether oxygens (including phenoxy) is 1. The van der Waals surface area contributed by atoms with E-state index in [-0.39, 0.29) is 12.0 Å². The summed E-state index contributed by atoms with van der Waals surface area (Å²) >= 11 is 0. The van der Waals surface area contributed by atoms with Crippen molar-refractivity contribution >= 4 is 11.6 Å². The molecule has 0 spiro atoms. The Morgan fingerprint density at radius 3 is 2.13 bits per heavy atom. The third-order valence-electron chi connectivity index (χ3n) is 5.43. The second-order valence-electron chi connectivity index (χ2n) is 7.72. The zero-order valence-electron chi connectivity index (χ0n) is 17.2. The lowest BCUT2D eigenvalue weighted by Gasteiger charge is -2.34. The van der Waals surface area contributed by atoms with Crippen LogP contribution in [0.25, 0.3) is 0 Å². The van der Waals surface area contributed by atoms with Crippen LogP contribution < -0.4 is 4.90 Å². The summed E-state index contributed by atoms with van der Waals surface area (Å²) in [5.41, 5.74) is 3.33. The lowest BCUT2D eigenvalue weighted by molar-refractivity contribution is -0.123. The molecule has 0 radical (unpaired) electrons. The smallest absolute Gasteiger partial charge is 0.229 e.